The molecule has 0 aliphatic carbocycles. The molecule has 1 rings (SSSR count). The first-order valence-electron chi connectivity index (χ1n) is 4.47. The molecule has 0 spiro atoms. The van der Waals surface area contributed by atoms with Crippen molar-refractivity contribution < 1.29 is 4.74 Å². The van der Waals surface area contributed by atoms with Gasteiger partial charge in [0.25, 0.3) is 0 Å². The van der Waals surface area contributed by atoms with Crippen LogP contribution in [0.4, 0.5) is 0 Å². The van der Waals surface area contributed by atoms with Crippen LogP contribution in [0.15, 0.2) is 30.3 Å². The maximum absolute atomic E-state index is 5.75. The number of rotatable bonds is 4. The van der Waals surface area contributed by atoms with Crippen molar-refractivity contribution in [2.75, 3.05) is 20.3 Å². The minimum absolute atomic E-state index is 0.0595. The van der Waals surface area contributed by atoms with Crippen molar-refractivity contribution in [3.8, 4) is 0 Å². The normalized spacial score (nSPS) is 15.3. The average Bonchev–Trinajstić information content (AvgIpc) is 2.19. The lowest BCUT2D eigenvalue weighted by Crippen LogP contribution is -2.36. The molecule has 0 aliphatic rings. The number of hydrogen-bond acceptors (Lipinski definition) is 2. The van der Waals surface area contributed by atoms with Gasteiger partial charge < -0.3 is 10.5 Å². The van der Waals surface area contributed by atoms with Gasteiger partial charge in [-0.05, 0) is 5.56 Å². The summed E-state index contributed by atoms with van der Waals surface area (Å²) >= 11 is 0. The maximum Gasteiger partial charge on any atom is 0.0568 e. The molecule has 1 aromatic carbocycles. The van der Waals surface area contributed by atoms with Crippen molar-refractivity contribution in [3.05, 3.63) is 35.9 Å². The van der Waals surface area contributed by atoms with Gasteiger partial charge in [-0.15, -0.1) is 0 Å². The zero-order valence-electron chi connectivity index (χ0n) is 8.29. The molecule has 1 atom stereocenters. The molecule has 2 N–H and O–H groups in total. The Morgan fingerprint density at radius 3 is 2.38 bits per heavy atom. The first-order valence-corrected chi connectivity index (χ1v) is 4.47. The van der Waals surface area contributed by atoms with Crippen molar-refractivity contribution in [2.24, 2.45) is 5.73 Å². The lowest BCUT2D eigenvalue weighted by Gasteiger charge is -2.27. The predicted molar refractivity (Wildman–Crippen MR) is 54.7 cm³/mol. The molecule has 1 unspecified atom stereocenters. The van der Waals surface area contributed by atoms with Crippen LogP contribution in [0.25, 0.3) is 0 Å². The lowest BCUT2D eigenvalue weighted by atomic mass is 9.83. The molecule has 72 valence electrons. The van der Waals surface area contributed by atoms with Crippen molar-refractivity contribution in [2.45, 2.75) is 12.3 Å². The summed E-state index contributed by atoms with van der Waals surface area (Å²) in [7, 11) is 1.71. The number of benzene rings is 1. The van der Waals surface area contributed by atoms with E-state index in [0.29, 0.717) is 13.2 Å². The Kier molecular flexibility index (Phi) is 3.46. The summed E-state index contributed by atoms with van der Waals surface area (Å²) in [6, 6.07) is 10.2. The Morgan fingerprint density at radius 2 is 1.92 bits per heavy atom. The SMILES string of the molecule is COCC(C)(CN)c1ccccc1. The molecule has 13 heavy (non-hydrogen) atoms. The van der Waals surface area contributed by atoms with Crippen molar-refractivity contribution in [1.82, 2.24) is 0 Å². The van der Waals surface area contributed by atoms with E-state index in [1.807, 2.05) is 18.2 Å². The van der Waals surface area contributed by atoms with E-state index in [1.165, 1.54) is 5.56 Å². The number of ether oxygens (including phenoxy) is 1. The molecule has 0 heterocycles. The maximum atomic E-state index is 5.75. The topological polar surface area (TPSA) is 35.2 Å². The van der Waals surface area contributed by atoms with Crippen molar-refractivity contribution >= 4 is 0 Å². The van der Waals surface area contributed by atoms with E-state index in [-0.39, 0.29) is 5.41 Å². The number of nitrogens with two attached hydrogens (primary N) is 1. The van der Waals surface area contributed by atoms with E-state index in [2.05, 4.69) is 19.1 Å². The van der Waals surface area contributed by atoms with Crippen molar-refractivity contribution in [3.63, 3.8) is 0 Å². The zero-order chi connectivity index (χ0) is 9.73. The van der Waals surface area contributed by atoms with Gasteiger partial charge in [0, 0.05) is 19.1 Å². The third-order valence-electron chi connectivity index (χ3n) is 2.38. The summed E-state index contributed by atoms with van der Waals surface area (Å²) in [5, 5.41) is 0. The van der Waals surface area contributed by atoms with Crippen LogP contribution in [0.2, 0.25) is 0 Å². The molecule has 1 aromatic rings. The Balaban J connectivity index is 2.89. The van der Waals surface area contributed by atoms with E-state index in [4.69, 9.17) is 10.5 Å². The highest BCUT2D eigenvalue weighted by molar-refractivity contribution is 5.24. The number of hydrogen-bond donors (Lipinski definition) is 1. The minimum atomic E-state index is -0.0595. The zero-order valence-corrected chi connectivity index (χ0v) is 8.29. The van der Waals surface area contributed by atoms with Gasteiger partial charge in [-0.3, -0.25) is 0 Å². The highest BCUT2D eigenvalue weighted by atomic mass is 16.5. The summed E-state index contributed by atoms with van der Waals surface area (Å²) < 4.78 is 5.17. The lowest BCUT2D eigenvalue weighted by molar-refractivity contribution is 0.141. The molecule has 0 saturated heterocycles. The molecule has 0 bridgehead atoms. The molecule has 0 radical (unpaired) electrons. The molecular formula is C11H17NO. The summed E-state index contributed by atoms with van der Waals surface area (Å²) in [5.74, 6) is 0. The van der Waals surface area contributed by atoms with Gasteiger partial charge >= 0.3 is 0 Å². The second-order valence-electron chi connectivity index (χ2n) is 3.56. The summed E-state index contributed by atoms with van der Waals surface area (Å²) in [5.41, 5.74) is 6.92. The van der Waals surface area contributed by atoms with Gasteiger partial charge in [0.2, 0.25) is 0 Å². The summed E-state index contributed by atoms with van der Waals surface area (Å²) in [6.45, 7) is 3.38. The highest BCUT2D eigenvalue weighted by Crippen LogP contribution is 2.22. The van der Waals surface area contributed by atoms with Gasteiger partial charge in [-0.2, -0.15) is 0 Å². The van der Waals surface area contributed by atoms with Crippen LogP contribution in [0.5, 0.6) is 0 Å². The van der Waals surface area contributed by atoms with E-state index < -0.39 is 0 Å². The third kappa shape index (κ3) is 2.29. The van der Waals surface area contributed by atoms with Gasteiger partial charge in [0.15, 0.2) is 0 Å². The van der Waals surface area contributed by atoms with E-state index in [9.17, 15) is 0 Å². The van der Waals surface area contributed by atoms with Crippen molar-refractivity contribution in [1.29, 1.82) is 0 Å². The fraction of sp³-hybridized carbons (Fsp3) is 0.455. The van der Waals surface area contributed by atoms with Gasteiger partial charge in [0.05, 0.1) is 6.61 Å². The van der Waals surface area contributed by atoms with Gasteiger partial charge in [-0.25, -0.2) is 0 Å². The molecular weight excluding hydrogens is 162 g/mol. The first-order chi connectivity index (χ1) is 6.23. The Hall–Kier alpha value is -0.860. The fourth-order valence-electron chi connectivity index (χ4n) is 1.42. The number of methoxy groups -OCH3 is 1. The van der Waals surface area contributed by atoms with Crippen LogP contribution in [-0.4, -0.2) is 20.3 Å². The van der Waals surface area contributed by atoms with Crippen LogP contribution in [0.1, 0.15) is 12.5 Å². The molecule has 0 saturated carbocycles. The summed E-state index contributed by atoms with van der Waals surface area (Å²) in [6.07, 6.45) is 0. The molecule has 0 amide bonds. The standard InChI is InChI=1S/C11H17NO/c1-11(8-12,9-13-2)10-6-4-3-5-7-10/h3-7H,8-9,12H2,1-2H3. The Labute approximate surface area is 79.7 Å². The van der Waals surface area contributed by atoms with Gasteiger partial charge in [-0.1, -0.05) is 37.3 Å². The minimum Gasteiger partial charge on any atom is -0.384 e. The van der Waals surface area contributed by atoms with Crippen LogP contribution < -0.4 is 5.73 Å². The van der Waals surface area contributed by atoms with E-state index >= 15 is 0 Å². The van der Waals surface area contributed by atoms with E-state index in [1.54, 1.807) is 7.11 Å². The second-order valence-corrected chi connectivity index (χ2v) is 3.56. The van der Waals surface area contributed by atoms with Crippen LogP contribution >= 0.6 is 0 Å². The predicted octanol–water partition coefficient (Wildman–Crippen LogP) is 1.55. The van der Waals surface area contributed by atoms with Crippen LogP contribution in [0, 0.1) is 0 Å². The van der Waals surface area contributed by atoms with E-state index in [0.717, 1.165) is 0 Å². The third-order valence-corrected chi connectivity index (χ3v) is 2.38. The van der Waals surface area contributed by atoms with Gasteiger partial charge in [0.1, 0.15) is 0 Å². The smallest absolute Gasteiger partial charge is 0.0568 e. The molecule has 0 aromatic heterocycles. The van der Waals surface area contributed by atoms with Crippen LogP contribution in [0.3, 0.4) is 0 Å². The molecule has 0 fully saturated rings. The summed E-state index contributed by atoms with van der Waals surface area (Å²) in [4.78, 5) is 0. The van der Waals surface area contributed by atoms with Crippen LogP contribution in [-0.2, 0) is 10.2 Å². The molecule has 2 heteroatoms. The Morgan fingerprint density at radius 1 is 1.31 bits per heavy atom. The fourth-order valence-corrected chi connectivity index (χ4v) is 1.42. The highest BCUT2D eigenvalue weighted by Gasteiger charge is 2.24. The average molecular weight is 179 g/mol. The molecule has 2 nitrogen and oxygen atoms in total. The first kappa shape index (κ1) is 10.2. The monoisotopic (exact) mass is 179 g/mol. The second kappa shape index (κ2) is 4.40. The molecule has 0 aliphatic heterocycles. The quantitative estimate of drug-likeness (QED) is 0.761. The largest absolute Gasteiger partial charge is 0.384 e. The Bertz CT molecular complexity index is 248.